The van der Waals surface area contributed by atoms with Gasteiger partial charge in [-0.3, -0.25) is 10.8 Å². The third kappa shape index (κ3) is 7.39. The first kappa shape index (κ1) is 25.4. The second-order valence-corrected chi connectivity index (χ2v) is 8.21. The van der Waals surface area contributed by atoms with Gasteiger partial charge in [0, 0.05) is 50.4 Å². The third-order valence-electron chi connectivity index (χ3n) is 5.70. The monoisotopic (exact) mass is 474 g/mol. The Hall–Kier alpha value is -3.24. The van der Waals surface area contributed by atoms with E-state index in [9.17, 15) is 8.78 Å². The molecule has 1 heterocycles. The second-order valence-electron chi connectivity index (χ2n) is 8.21. The van der Waals surface area contributed by atoms with Crippen molar-refractivity contribution in [3.05, 3.63) is 59.2 Å². The van der Waals surface area contributed by atoms with E-state index >= 15 is 0 Å². The molecule has 0 aromatic heterocycles. The molecule has 0 bridgehead atoms. The van der Waals surface area contributed by atoms with Crippen LogP contribution in [0.2, 0.25) is 0 Å². The number of amidine groups is 2. The topological polar surface area (TPSA) is 125 Å². The van der Waals surface area contributed by atoms with E-state index < -0.39 is 11.6 Å². The molecule has 0 amide bonds. The standard InChI is InChI=1S/C24H32F2N6O2/c25-19-15-17(23(27)28)3-5-21(19)33-13-1-7-31-9-11-32(12-10-31)8-2-14-34-22-6-4-18(24(29)30)16-20(22)26/h3-6,15-16H,1-2,7-14H2,(H3,27,28)(H3,29,30). The minimum absolute atomic E-state index is 0.173. The predicted octanol–water partition coefficient (Wildman–Crippen LogP) is 2.39. The van der Waals surface area contributed by atoms with Gasteiger partial charge in [0.05, 0.1) is 13.2 Å². The van der Waals surface area contributed by atoms with Gasteiger partial charge in [-0.05, 0) is 49.2 Å². The molecule has 6 N–H and O–H groups in total. The van der Waals surface area contributed by atoms with Crippen LogP contribution in [0.25, 0.3) is 0 Å². The Morgan fingerprint density at radius 2 is 1.12 bits per heavy atom. The zero-order valence-electron chi connectivity index (χ0n) is 19.2. The van der Waals surface area contributed by atoms with Gasteiger partial charge in [-0.1, -0.05) is 0 Å². The van der Waals surface area contributed by atoms with Gasteiger partial charge >= 0.3 is 0 Å². The fourth-order valence-corrected chi connectivity index (χ4v) is 3.75. The molecule has 0 saturated carbocycles. The van der Waals surface area contributed by atoms with E-state index in [4.69, 9.17) is 31.8 Å². The van der Waals surface area contributed by atoms with E-state index in [2.05, 4.69) is 9.80 Å². The fraction of sp³-hybridized carbons (Fsp3) is 0.417. The Balaban J connectivity index is 1.27. The summed E-state index contributed by atoms with van der Waals surface area (Å²) < 4.78 is 39.0. The lowest BCUT2D eigenvalue weighted by Gasteiger charge is -2.34. The van der Waals surface area contributed by atoms with Crippen LogP contribution in [-0.2, 0) is 0 Å². The predicted molar refractivity (Wildman–Crippen MR) is 128 cm³/mol. The Labute approximate surface area is 198 Å². The summed E-state index contributed by atoms with van der Waals surface area (Å²) >= 11 is 0. The molecule has 0 spiro atoms. The highest BCUT2D eigenvalue weighted by atomic mass is 19.1. The Morgan fingerprint density at radius 3 is 1.44 bits per heavy atom. The first-order valence-corrected chi connectivity index (χ1v) is 11.3. The summed E-state index contributed by atoms with van der Waals surface area (Å²) in [5.74, 6) is -1.03. The maximum Gasteiger partial charge on any atom is 0.165 e. The van der Waals surface area contributed by atoms with E-state index in [1.165, 1.54) is 24.3 Å². The zero-order chi connectivity index (χ0) is 24.5. The van der Waals surface area contributed by atoms with Crippen molar-refractivity contribution in [1.82, 2.24) is 9.80 Å². The summed E-state index contributed by atoms with van der Waals surface area (Å²) in [7, 11) is 0. The van der Waals surface area contributed by atoms with Crippen molar-refractivity contribution < 1.29 is 18.3 Å². The van der Waals surface area contributed by atoms with Crippen molar-refractivity contribution in [3.63, 3.8) is 0 Å². The summed E-state index contributed by atoms with van der Waals surface area (Å²) in [5, 5.41) is 14.7. The third-order valence-corrected chi connectivity index (χ3v) is 5.70. The van der Waals surface area contributed by atoms with Crippen molar-refractivity contribution in [3.8, 4) is 11.5 Å². The van der Waals surface area contributed by atoms with Gasteiger partial charge in [0.25, 0.3) is 0 Å². The maximum atomic E-state index is 14.0. The summed E-state index contributed by atoms with van der Waals surface area (Å²) in [6, 6.07) is 8.58. The first-order valence-electron chi connectivity index (χ1n) is 11.3. The minimum Gasteiger partial charge on any atom is -0.490 e. The van der Waals surface area contributed by atoms with E-state index in [0.717, 1.165) is 52.1 Å². The number of benzene rings is 2. The van der Waals surface area contributed by atoms with Gasteiger partial charge in [-0.15, -0.1) is 0 Å². The maximum absolute atomic E-state index is 14.0. The highest BCUT2D eigenvalue weighted by molar-refractivity contribution is 5.95. The zero-order valence-corrected chi connectivity index (χ0v) is 19.2. The number of ether oxygens (including phenoxy) is 2. The Kier molecular flexibility index (Phi) is 9.17. The highest BCUT2D eigenvalue weighted by Gasteiger charge is 2.16. The molecule has 1 fully saturated rings. The van der Waals surface area contributed by atoms with Gasteiger partial charge in [0.1, 0.15) is 11.7 Å². The molecule has 0 unspecified atom stereocenters. The van der Waals surface area contributed by atoms with Crippen molar-refractivity contribution in [2.75, 3.05) is 52.5 Å². The van der Waals surface area contributed by atoms with Gasteiger partial charge < -0.3 is 30.7 Å². The largest absolute Gasteiger partial charge is 0.490 e. The molecule has 2 aromatic rings. The minimum atomic E-state index is -0.513. The van der Waals surface area contributed by atoms with E-state index in [1.807, 2.05) is 0 Å². The average molecular weight is 475 g/mol. The number of nitrogen functional groups attached to an aromatic ring is 2. The van der Waals surface area contributed by atoms with Gasteiger partial charge in [-0.25, -0.2) is 8.78 Å². The highest BCUT2D eigenvalue weighted by Crippen LogP contribution is 2.19. The quantitative estimate of drug-likeness (QED) is 0.213. The number of halogens is 2. The van der Waals surface area contributed by atoms with Gasteiger partial charge in [0.15, 0.2) is 23.1 Å². The lowest BCUT2D eigenvalue weighted by Crippen LogP contribution is -2.47. The molecular formula is C24H32F2N6O2. The van der Waals surface area contributed by atoms with Crippen LogP contribution in [0.15, 0.2) is 36.4 Å². The van der Waals surface area contributed by atoms with Gasteiger partial charge in [-0.2, -0.15) is 0 Å². The van der Waals surface area contributed by atoms with Crippen LogP contribution < -0.4 is 20.9 Å². The molecule has 1 aliphatic heterocycles. The van der Waals surface area contributed by atoms with Crippen LogP contribution in [0.4, 0.5) is 8.78 Å². The summed E-state index contributed by atoms with van der Waals surface area (Å²) in [6.07, 6.45) is 1.57. The number of nitrogens with two attached hydrogens (primary N) is 2. The molecule has 34 heavy (non-hydrogen) atoms. The summed E-state index contributed by atoms with van der Waals surface area (Å²) in [5.41, 5.74) is 11.4. The summed E-state index contributed by atoms with van der Waals surface area (Å²) in [6.45, 7) is 6.37. The molecule has 0 radical (unpaired) electrons. The lowest BCUT2D eigenvalue weighted by atomic mass is 10.2. The second kappa shape index (κ2) is 12.3. The molecule has 1 aliphatic rings. The average Bonchev–Trinajstić information content (AvgIpc) is 2.81. The first-order chi connectivity index (χ1) is 16.3. The molecule has 2 aromatic carbocycles. The molecule has 3 rings (SSSR count). The number of hydrogen-bond donors (Lipinski definition) is 4. The molecule has 1 saturated heterocycles. The van der Waals surface area contributed by atoms with Crippen LogP contribution in [0, 0.1) is 22.5 Å². The molecule has 10 heteroatoms. The fourth-order valence-electron chi connectivity index (χ4n) is 3.75. The van der Waals surface area contributed by atoms with Crippen LogP contribution in [-0.4, -0.2) is 74.0 Å². The molecule has 8 nitrogen and oxygen atoms in total. The molecule has 0 atom stereocenters. The van der Waals surface area contributed by atoms with Crippen molar-refractivity contribution in [2.24, 2.45) is 11.5 Å². The van der Waals surface area contributed by atoms with E-state index in [1.54, 1.807) is 12.1 Å². The van der Waals surface area contributed by atoms with Crippen LogP contribution >= 0.6 is 0 Å². The van der Waals surface area contributed by atoms with Crippen molar-refractivity contribution in [2.45, 2.75) is 12.8 Å². The normalized spacial score (nSPS) is 14.6. The van der Waals surface area contributed by atoms with Crippen LogP contribution in [0.3, 0.4) is 0 Å². The van der Waals surface area contributed by atoms with Crippen molar-refractivity contribution in [1.29, 1.82) is 10.8 Å². The Morgan fingerprint density at radius 1 is 0.735 bits per heavy atom. The molecular weight excluding hydrogens is 442 g/mol. The number of rotatable bonds is 12. The summed E-state index contributed by atoms with van der Waals surface area (Å²) in [4.78, 5) is 4.72. The van der Waals surface area contributed by atoms with E-state index in [-0.39, 0.29) is 23.2 Å². The number of hydrogen-bond acceptors (Lipinski definition) is 6. The SMILES string of the molecule is N=C(N)c1ccc(OCCCN2CCN(CCCOc3ccc(C(=N)N)cc3F)CC2)c(F)c1. The van der Waals surface area contributed by atoms with Crippen LogP contribution in [0.5, 0.6) is 11.5 Å². The smallest absolute Gasteiger partial charge is 0.165 e. The number of nitrogens with zero attached hydrogens (tertiary/aromatic N) is 2. The number of piperazine rings is 1. The lowest BCUT2D eigenvalue weighted by molar-refractivity contribution is 0.120. The Bertz CT molecular complexity index is 916. The molecule has 0 aliphatic carbocycles. The number of nitrogens with one attached hydrogen (secondary N) is 2. The molecule has 184 valence electrons. The van der Waals surface area contributed by atoms with Crippen molar-refractivity contribution >= 4 is 11.7 Å². The van der Waals surface area contributed by atoms with E-state index in [0.29, 0.717) is 24.3 Å². The van der Waals surface area contributed by atoms with Gasteiger partial charge in [0.2, 0.25) is 0 Å². The van der Waals surface area contributed by atoms with Crippen LogP contribution in [0.1, 0.15) is 24.0 Å².